The molecule has 0 saturated carbocycles. The number of carbonyl (C=O) groups excluding carboxylic acids is 1. The second kappa shape index (κ2) is 3.26. The van der Waals surface area contributed by atoms with E-state index in [-0.39, 0.29) is 0 Å². The molecule has 2 N–H and O–H groups in total. The Balaban J connectivity index is 3.09. The predicted octanol–water partition coefficient (Wildman–Crippen LogP) is -1.14. The highest BCUT2D eigenvalue weighted by Crippen LogP contribution is 2.30. The van der Waals surface area contributed by atoms with Gasteiger partial charge in [-0.05, 0) is 0 Å². The van der Waals surface area contributed by atoms with Crippen LogP contribution in [0.1, 0.15) is 6.42 Å². The number of rotatable bonds is 3. The van der Waals surface area contributed by atoms with Crippen molar-refractivity contribution in [1.82, 2.24) is 0 Å². The maximum absolute atomic E-state index is 10.8. The molecular formula is C7H8O7. The Morgan fingerprint density at radius 1 is 1.57 bits per heavy atom. The lowest BCUT2D eigenvalue weighted by atomic mass is 9.95. The summed E-state index contributed by atoms with van der Waals surface area (Å²) in [5.74, 6) is -3.97. The van der Waals surface area contributed by atoms with Gasteiger partial charge in [-0.25, -0.2) is 9.59 Å². The van der Waals surface area contributed by atoms with Gasteiger partial charge < -0.3 is 19.7 Å². The molecule has 1 saturated heterocycles. The molecular weight excluding hydrogens is 196 g/mol. The largest absolute Gasteiger partial charge is 0.479 e. The second-order valence-electron chi connectivity index (χ2n) is 2.78. The second-order valence-corrected chi connectivity index (χ2v) is 2.78. The number of carbonyl (C=O) groups is 3. The van der Waals surface area contributed by atoms with Gasteiger partial charge in [0.2, 0.25) is 11.7 Å². The van der Waals surface area contributed by atoms with Crippen LogP contribution in [0.4, 0.5) is 0 Å². The highest BCUT2D eigenvalue weighted by Gasteiger charge is 2.59. The van der Waals surface area contributed by atoms with E-state index in [1.807, 2.05) is 0 Å². The number of carboxylic acid groups (broad SMARTS) is 2. The summed E-state index contributed by atoms with van der Waals surface area (Å²) in [6.45, 7) is 0. The van der Waals surface area contributed by atoms with Crippen molar-refractivity contribution < 1.29 is 34.1 Å². The van der Waals surface area contributed by atoms with E-state index in [2.05, 4.69) is 9.47 Å². The average molecular weight is 204 g/mol. The van der Waals surface area contributed by atoms with Crippen molar-refractivity contribution >= 4 is 17.9 Å². The third-order valence-corrected chi connectivity index (χ3v) is 2.03. The molecule has 0 amide bonds. The van der Waals surface area contributed by atoms with Crippen LogP contribution < -0.4 is 0 Å². The van der Waals surface area contributed by atoms with E-state index in [1.165, 1.54) is 0 Å². The van der Waals surface area contributed by atoms with Crippen molar-refractivity contribution in [2.45, 2.75) is 18.1 Å². The van der Waals surface area contributed by atoms with Gasteiger partial charge in [-0.15, -0.1) is 0 Å². The quantitative estimate of drug-likeness (QED) is 0.558. The highest BCUT2D eigenvalue weighted by atomic mass is 16.6. The summed E-state index contributed by atoms with van der Waals surface area (Å²) in [5.41, 5.74) is -2.11. The van der Waals surface area contributed by atoms with E-state index in [0.717, 1.165) is 7.11 Å². The highest BCUT2D eigenvalue weighted by molar-refractivity contribution is 5.96. The van der Waals surface area contributed by atoms with Crippen molar-refractivity contribution in [3.63, 3.8) is 0 Å². The number of aliphatic carboxylic acids is 2. The van der Waals surface area contributed by atoms with Gasteiger partial charge >= 0.3 is 17.9 Å². The maximum atomic E-state index is 10.8. The van der Waals surface area contributed by atoms with Gasteiger partial charge in [0, 0.05) is 7.11 Å². The SMILES string of the molecule is COC1(C(=O)O)CC(=O)OC1C(=O)O. The zero-order chi connectivity index (χ0) is 10.9. The molecule has 2 unspecified atom stereocenters. The van der Waals surface area contributed by atoms with E-state index in [4.69, 9.17) is 10.2 Å². The first-order valence-electron chi connectivity index (χ1n) is 3.65. The Labute approximate surface area is 78.2 Å². The number of carboxylic acids is 2. The van der Waals surface area contributed by atoms with Crippen LogP contribution in [0.15, 0.2) is 0 Å². The molecule has 1 aliphatic rings. The maximum Gasteiger partial charge on any atom is 0.348 e. The third kappa shape index (κ3) is 1.31. The van der Waals surface area contributed by atoms with Crippen LogP contribution in [0.2, 0.25) is 0 Å². The Kier molecular flexibility index (Phi) is 2.43. The van der Waals surface area contributed by atoms with Crippen LogP contribution in [0.5, 0.6) is 0 Å². The number of methoxy groups -OCH3 is 1. The summed E-state index contributed by atoms with van der Waals surface area (Å²) in [6, 6.07) is 0. The molecule has 0 aromatic rings. The molecule has 0 spiro atoms. The van der Waals surface area contributed by atoms with E-state index in [9.17, 15) is 14.4 Å². The number of hydrogen-bond donors (Lipinski definition) is 2. The average Bonchev–Trinajstić information content (AvgIpc) is 2.43. The minimum Gasteiger partial charge on any atom is -0.479 e. The van der Waals surface area contributed by atoms with E-state index >= 15 is 0 Å². The molecule has 14 heavy (non-hydrogen) atoms. The van der Waals surface area contributed by atoms with Crippen molar-refractivity contribution in [1.29, 1.82) is 0 Å². The number of esters is 1. The topological polar surface area (TPSA) is 110 Å². The number of hydrogen-bond acceptors (Lipinski definition) is 5. The predicted molar refractivity (Wildman–Crippen MR) is 39.5 cm³/mol. The lowest BCUT2D eigenvalue weighted by molar-refractivity contribution is -0.180. The first kappa shape index (κ1) is 10.5. The summed E-state index contributed by atoms with van der Waals surface area (Å²) in [5, 5.41) is 17.4. The molecule has 0 radical (unpaired) electrons. The summed E-state index contributed by atoms with van der Waals surface area (Å²) < 4.78 is 8.92. The van der Waals surface area contributed by atoms with Crippen molar-refractivity contribution in [2.24, 2.45) is 0 Å². The van der Waals surface area contributed by atoms with Crippen LogP contribution in [-0.4, -0.2) is 46.9 Å². The molecule has 1 rings (SSSR count). The molecule has 7 nitrogen and oxygen atoms in total. The lowest BCUT2D eigenvalue weighted by Crippen LogP contribution is -2.51. The minimum atomic E-state index is -2.11. The summed E-state index contributed by atoms with van der Waals surface area (Å²) in [4.78, 5) is 32.2. The smallest absolute Gasteiger partial charge is 0.348 e. The first-order valence-corrected chi connectivity index (χ1v) is 3.65. The fourth-order valence-electron chi connectivity index (χ4n) is 1.28. The Morgan fingerprint density at radius 2 is 2.14 bits per heavy atom. The van der Waals surface area contributed by atoms with Crippen LogP contribution in [0.3, 0.4) is 0 Å². The molecule has 1 aliphatic heterocycles. The molecule has 2 atom stereocenters. The van der Waals surface area contributed by atoms with Gasteiger partial charge in [0.15, 0.2) is 0 Å². The zero-order valence-electron chi connectivity index (χ0n) is 7.22. The Bertz CT molecular complexity index is 296. The van der Waals surface area contributed by atoms with Crippen molar-refractivity contribution in [2.75, 3.05) is 7.11 Å². The van der Waals surface area contributed by atoms with Gasteiger partial charge in [0.25, 0.3) is 0 Å². The molecule has 1 heterocycles. The van der Waals surface area contributed by atoms with Gasteiger partial charge in [0.05, 0.1) is 6.42 Å². The zero-order valence-corrected chi connectivity index (χ0v) is 7.22. The summed E-state index contributed by atoms with van der Waals surface area (Å²) in [7, 11) is 1.02. The van der Waals surface area contributed by atoms with Gasteiger partial charge in [-0.1, -0.05) is 0 Å². The van der Waals surface area contributed by atoms with Gasteiger partial charge in [-0.2, -0.15) is 0 Å². The summed E-state index contributed by atoms with van der Waals surface area (Å²) in [6.07, 6.45) is -2.40. The van der Waals surface area contributed by atoms with E-state index in [1.54, 1.807) is 0 Å². The normalized spacial score (nSPS) is 31.2. The molecule has 7 heteroatoms. The molecule has 0 aromatic heterocycles. The van der Waals surface area contributed by atoms with Crippen LogP contribution in [-0.2, 0) is 23.9 Å². The lowest BCUT2D eigenvalue weighted by Gasteiger charge is -2.23. The minimum absolute atomic E-state index is 0.601. The fourth-order valence-corrected chi connectivity index (χ4v) is 1.28. The molecule has 0 bridgehead atoms. The molecule has 0 aliphatic carbocycles. The summed E-state index contributed by atoms with van der Waals surface area (Å²) >= 11 is 0. The Hall–Kier alpha value is -1.63. The Morgan fingerprint density at radius 3 is 2.43 bits per heavy atom. The number of ether oxygens (including phenoxy) is 2. The van der Waals surface area contributed by atoms with E-state index < -0.39 is 36.0 Å². The number of cyclic esters (lactones) is 1. The van der Waals surface area contributed by atoms with Gasteiger partial charge in [-0.3, -0.25) is 4.79 Å². The van der Waals surface area contributed by atoms with Crippen molar-refractivity contribution in [3.05, 3.63) is 0 Å². The molecule has 78 valence electrons. The van der Waals surface area contributed by atoms with E-state index in [0.29, 0.717) is 0 Å². The van der Waals surface area contributed by atoms with Crippen LogP contribution in [0.25, 0.3) is 0 Å². The van der Waals surface area contributed by atoms with Crippen LogP contribution in [0, 0.1) is 0 Å². The third-order valence-electron chi connectivity index (χ3n) is 2.03. The fraction of sp³-hybridized carbons (Fsp3) is 0.571. The standard InChI is InChI=1S/C7H8O7/c1-13-7(6(11)12)2-3(8)14-4(7)5(9)10/h4H,2H2,1H3,(H,9,10)(H,11,12). The van der Waals surface area contributed by atoms with Crippen molar-refractivity contribution in [3.8, 4) is 0 Å². The van der Waals surface area contributed by atoms with Gasteiger partial charge in [0.1, 0.15) is 0 Å². The van der Waals surface area contributed by atoms with Crippen LogP contribution >= 0.6 is 0 Å². The molecule has 0 aromatic carbocycles. The molecule has 1 fully saturated rings. The monoisotopic (exact) mass is 204 g/mol. The first-order chi connectivity index (χ1) is 6.44.